The summed E-state index contributed by atoms with van der Waals surface area (Å²) in [6, 6.07) is 3.21. The number of benzene rings is 1. The SMILES string of the molecule is COc1cc(C(=O)Nc2nc3c(s2)CCC3)cc(Cl)c1OC(C)C. The van der Waals surface area contributed by atoms with Crippen molar-refractivity contribution < 1.29 is 14.3 Å². The second-order valence-electron chi connectivity index (χ2n) is 5.85. The molecule has 24 heavy (non-hydrogen) atoms. The third-order valence-electron chi connectivity index (χ3n) is 3.66. The number of nitrogens with one attached hydrogen (secondary N) is 1. The van der Waals surface area contributed by atoms with E-state index in [0.717, 1.165) is 25.0 Å². The van der Waals surface area contributed by atoms with Gasteiger partial charge in [0.1, 0.15) is 0 Å². The van der Waals surface area contributed by atoms with Gasteiger partial charge < -0.3 is 9.47 Å². The molecular formula is C17H19ClN2O3S. The van der Waals surface area contributed by atoms with E-state index in [0.29, 0.717) is 27.2 Å². The van der Waals surface area contributed by atoms with E-state index in [2.05, 4.69) is 10.3 Å². The molecule has 0 spiro atoms. The fourth-order valence-corrected chi connectivity index (χ4v) is 3.91. The Morgan fingerprint density at radius 1 is 1.38 bits per heavy atom. The van der Waals surface area contributed by atoms with Crippen molar-refractivity contribution in [3.05, 3.63) is 33.3 Å². The highest BCUT2D eigenvalue weighted by Gasteiger charge is 2.20. The van der Waals surface area contributed by atoms with Crippen molar-refractivity contribution in [1.82, 2.24) is 4.98 Å². The van der Waals surface area contributed by atoms with Crippen LogP contribution in [0.3, 0.4) is 0 Å². The van der Waals surface area contributed by atoms with Gasteiger partial charge in [-0.25, -0.2) is 4.98 Å². The molecule has 5 nitrogen and oxygen atoms in total. The van der Waals surface area contributed by atoms with Gasteiger partial charge >= 0.3 is 0 Å². The van der Waals surface area contributed by atoms with Crippen molar-refractivity contribution in [2.24, 2.45) is 0 Å². The van der Waals surface area contributed by atoms with Crippen LogP contribution in [0.4, 0.5) is 5.13 Å². The van der Waals surface area contributed by atoms with Crippen molar-refractivity contribution in [1.29, 1.82) is 0 Å². The number of amides is 1. The number of hydrogen-bond donors (Lipinski definition) is 1. The number of fused-ring (bicyclic) bond motifs is 1. The molecule has 1 amide bonds. The summed E-state index contributed by atoms with van der Waals surface area (Å²) in [7, 11) is 1.52. The Morgan fingerprint density at radius 3 is 2.83 bits per heavy atom. The predicted molar refractivity (Wildman–Crippen MR) is 95.9 cm³/mol. The van der Waals surface area contributed by atoms with Gasteiger partial charge in [0.15, 0.2) is 16.6 Å². The predicted octanol–water partition coefficient (Wildman–Crippen LogP) is 4.33. The van der Waals surface area contributed by atoms with Gasteiger partial charge in [-0.3, -0.25) is 10.1 Å². The van der Waals surface area contributed by atoms with Crippen molar-refractivity contribution in [2.45, 2.75) is 39.2 Å². The maximum atomic E-state index is 12.5. The number of rotatable bonds is 5. The van der Waals surface area contributed by atoms with Crippen LogP contribution in [0.2, 0.25) is 5.02 Å². The van der Waals surface area contributed by atoms with Gasteiger partial charge in [-0.15, -0.1) is 11.3 Å². The Labute approximate surface area is 150 Å². The summed E-state index contributed by atoms with van der Waals surface area (Å²) >= 11 is 7.81. The molecule has 0 atom stereocenters. The monoisotopic (exact) mass is 366 g/mol. The number of hydrogen-bond acceptors (Lipinski definition) is 5. The largest absolute Gasteiger partial charge is 0.493 e. The summed E-state index contributed by atoms with van der Waals surface area (Å²) in [6.45, 7) is 3.80. The minimum Gasteiger partial charge on any atom is -0.493 e. The topological polar surface area (TPSA) is 60.5 Å². The van der Waals surface area contributed by atoms with Crippen LogP contribution in [0.15, 0.2) is 12.1 Å². The lowest BCUT2D eigenvalue weighted by molar-refractivity contribution is 0.102. The quantitative estimate of drug-likeness (QED) is 0.855. The number of aryl methyl sites for hydroxylation is 2. The average Bonchev–Trinajstić information content (AvgIpc) is 3.09. The molecule has 7 heteroatoms. The number of halogens is 1. The number of ether oxygens (including phenoxy) is 2. The molecule has 1 aromatic heterocycles. The molecule has 2 aromatic rings. The van der Waals surface area contributed by atoms with Crippen molar-refractivity contribution in [2.75, 3.05) is 12.4 Å². The molecule has 0 fully saturated rings. The number of aromatic nitrogens is 1. The van der Waals surface area contributed by atoms with Crippen molar-refractivity contribution >= 4 is 34.0 Å². The highest BCUT2D eigenvalue weighted by molar-refractivity contribution is 7.16. The Hall–Kier alpha value is -1.79. The second kappa shape index (κ2) is 6.99. The summed E-state index contributed by atoms with van der Waals surface area (Å²) in [5.41, 5.74) is 1.51. The van der Waals surface area contributed by atoms with E-state index in [4.69, 9.17) is 21.1 Å². The Bertz CT molecular complexity index is 752. The average molecular weight is 367 g/mol. The number of nitrogens with zero attached hydrogens (tertiary/aromatic N) is 1. The lowest BCUT2D eigenvalue weighted by Gasteiger charge is -2.16. The fourth-order valence-electron chi connectivity index (χ4n) is 2.61. The van der Waals surface area contributed by atoms with E-state index in [9.17, 15) is 4.79 Å². The number of thiazole rings is 1. The molecule has 0 radical (unpaired) electrons. The lowest BCUT2D eigenvalue weighted by atomic mass is 10.2. The van der Waals surface area contributed by atoms with Gasteiger partial charge in [0, 0.05) is 10.4 Å². The zero-order valence-corrected chi connectivity index (χ0v) is 15.4. The van der Waals surface area contributed by atoms with Gasteiger partial charge in [-0.05, 0) is 45.2 Å². The first kappa shape index (κ1) is 17.0. The fraction of sp³-hybridized carbons (Fsp3) is 0.412. The maximum absolute atomic E-state index is 12.5. The molecular weight excluding hydrogens is 348 g/mol. The van der Waals surface area contributed by atoms with E-state index < -0.39 is 0 Å². The van der Waals surface area contributed by atoms with Crippen molar-refractivity contribution in [3.8, 4) is 11.5 Å². The normalized spacial score (nSPS) is 13.0. The van der Waals surface area contributed by atoms with E-state index in [1.165, 1.54) is 23.3 Å². The molecule has 0 saturated carbocycles. The van der Waals surface area contributed by atoms with Gasteiger partial charge in [0.25, 0.3) is 5.91 Å². The van der Waals surface area contributed by atoms with E-state index in [1.54, 1.807) is 12.1 Å². The molecule has 1 N–H and O–H groups in total. The van der Waals surface area contributed by atoms with E-state index in [1.807, 2.05) is 13.8 Å². The first-order valence-corrected chi connectivity index (χ1v) is 9.01. The molecule has 3 rings (SSSR count). The Morgan fingerprint density at radius 2 is 2.17 bits per heavy atom. The standard InChI is InChI=1S/C17H19ClN2O3S/c1-9(2)23-15-11(18)7-10(8-13(15)22-3)16(21)20-17-19-12-5-4-6-14(12)24-17/h7-9H,4-6H2,1-3H3,(H,19,20,21). The van der Waals surface area contributed by atoms with Crippen LogP contribution < -0.4 is 14.8 Å². The molecule has 1 aliphatic rings. The van der Waals surface area contributed by atoms with Crippen LogP contribution in [0, 0.1) is 0 Å². The van der Waals surface area contributed by atoms with E-state index >= 15 is 0 Å². The summed E-state index contributed by atoms with van der Waals surface area (Å²) in [4.78, 5) is 18.2. The molecule has 0 unspecified atom stereocenters. The summed E-state index contributed by atoms with van der Waals surface area (Å²) < 4.78 is 11.0. The Kier molecular flexibility index (Phi) is 4.96. The third-order valence-corrected chi connectivity index (χ3v) is 5.01. The maximum Gasteiger partial charge on any atom is 0.257 e. The molecule has 0 bridgehead atoms. The zero-order valence-electron chi connectivity index (χ0n) is 13.8. The molecule has 1 heterocycles. The van der Waals surface area contributed by atoms with Crippen LogP contribution in [-0.2, 0) is 12.8 Å². The van der Waals surface area contributed by atoms with Crippen molar-refractivity contribution in [3.63, 3.8) is 0 Å². The number of carbonyl (C=O) groups excluding carboxylic acids is 1. The molecule has 128 valence electrons. The van der Waals surface area contributed by atoms with Gasteiger partial charge in [-0.1, -0.05) is 11.6 Å². The van der Waals surface area contributed by atoms with Crippen LogP contribution in [-0.4, -0.2) is 24.1 Å². The number of anilines is 1. The van der Waals surface area contributed by atoms with Gasteiger partial charge in [-0.2, -0.15) is 0 Å². The summed E-state index contributed by atoms with van der Waals surface area (Å²) in [6.07, 6.45) is 3.13. The summed E-state index contributed by atoms with van der Waals surface area (Å²) in [5, 5.41) is 3.81. The lowest BCUT2D eigenvalue weighted by Crippen LogP contribution is -2.13. The van der Waals surface area contributed by atoms with Gasteiger partial charge in [0.2, 0.25) is 0 Å². The summed E-state index contributed by atoms with van der Waals surface area (Å²) in [5.74, 6) is 0.612. The van der Waals surface area contributed by atoms with Crippen LogP contribution in [0.25, 0.3) is 0 Å². The first-order chi connectivity index (χ1) is 11.5. The number of methoxy groups -OCH3 is 1. The van der Waals surface area contributed by atoms with E-state index in [-0.39, 0.29) is 12.0 Å². The first-order valence-electron chi connectivity index (χ1n) is 7.82. The smallest absolute Gasteiger partial charge is 0.257 e. The molecule has 1 aliphatic carbocycles. The van der Waals surface area contributed by atoms with Crippen LogP contribution in [0.5, 0.6) is 11.5 Å². The minimum atomic E-state index is -0.265. The van der Waals surface area contributed by atoms with Crippen LogP contribution >= 0.6 is 22.9 Å². The zero-order chi connectivity index (χ0) is 17.3. The van der Waals surface area contributed by atoms with Crippen LogP contribution in [0.1, 0.15) is 41.2 Å². The molecule has 1 aromatic carbocycles. The molecule has 0 saturated heterocycles. The highest BCUT2D eigenvalue weighted by atomic mass is 35.5. The number of carbonyl (C=O) groups is 1. The third kappa shape index (κ3) is 3.49. The second-order valence-corrected chi connectivity index (χ2v) is 7.34. The Balaban J connectivity index is 1.82. The van der Waals surface area contributed by atoms with Gasteiger partial charge in [0.05, 0.1) is 23.9 Å². The highest BCUT2D eigenvalue weighted by Crippen LogP contribution is 2.37. The molecule has 0 aliphatic heterocycles. The minimum absolute atomic E-state index is 0.0474.